The van der Waals surface area contributed by atoms with E-state index in [1.54, 1.807) is 11.0 Å². The highest BCUT2D eigenvalue weighted by Crippen LogP contribution is 2.37. The van der Waals surface area contributed by atoms with Crippen LogP contribution in [0.25, 0.3) is 0 Å². The number of hydrogen-bond donors (Lipinski definition) is 0. The van der Waals surface area contributed by atoms with E-state index in [-0.39, 0.29) is 0 Å². The zero-order valence-electron chi connectivity index (χ0n) is 11.0. The van der Waals surface area contributed by atoms with Crippen molar-refractivity contribution in [3.05, 3.63) is 29.3 Å². The predicted molar refractivity (Wildman–Crippen MR) is 74.5 cm³/mol. The first kappa shape index (κ1) is 15.6. The number of rotatable bonds is 3. The van der Waals surface area contributed by atoms with E-state index in [1.165, 1.54) is 35.2 Å². The molecule has 0 saturated carbocycles. The summed E-state index contributed by atoms with van der Waals surface area (Å²) < 4.78 is 38.7. The van der Waals surface area contributed by atoms with Gasteiger partial charge >= 0.3 is 6.18 Å². The van der Waals surface area contributed by atoms with Crippen molar-refractivity contribution in [1.29, 1.82) is 5.26 Å². The van der Waals surface area contributed by atoms with Gasteiger partial charge in [-0.15, -0.1) is 10.2 Å². The third-order valence-corrected chi connectivity index (χ3v) is 4.53. The Bertz CT molecular complexity index is 689. The van der Waals surface area contributed by atoms with Crippen LogP contribution in [0.3, 0.4) is 0 Å². The van der Waals surface area contributed by atoms with Crippen molar-refractivity contribution >= 4 is 28.2 Å². The van der Waals surface area contributed by atoms with Gasteiger partial charge in [0, 0.05) is 19.0 Å². The third kappa shape index (κ3) is 3.65. The first-order valence-corrected chi connectivity index (χ1v) is 7.24. The largest absolute Gasteiger partial charge is 0.417 e. The summed E-state index contributed by atoms with van der Waals surface area (Å²) in [4.78, 5) is 2.30. The fourth-order valence-corrected chi connectivity index (χ4v) is 3.23. The normalized spacial score (nSPS) is 11.2. The third-order valence-electron chi connectivity index (χ3n) is 2.40. The van der Waals surface area contributed by atoms with Crippen LogP contribution in [0.1, 0.15) is 11.1 Å². The van der Waals surface area contributed by atoms with Gasteiger partial charge in [-0.05, 0) is 18.2 Å². The molecule has 0 unspecified atom stereocenters. The molecule has 0 atom stereocenters. The molecule has 9 heteroatoms. The first-order chi connectivity index (χ1) is 9.81. The minimum absolute atomic E-state index is 0.398. The van der Waals surface area contributed by atoms with Gasteiger partial charge in [-0.2, -0.15) is 18.4 Å². The number of benzene rings is 1. The number of aromatic nitrogens is 2. The van der Waals surface area contributed by atoms with Gasteiger partial charge in [0.2, 0.25) is 5.13 Å². The highest BCUT2D eigenvalue weighted by atomic mass is 32.2. The van der Waals surface area contributed by atoms with Gasteiger partial charge in [0.25, 0.3) is 0 Å². The zero-order chi connectivity index (χ0) is 15.6. The van der Waals surface area contributed by atoms with E-state index in [4.69, 9.17) is 5.26 Å². The predicted octanol–water partition coefficient (Wildman–Crippen LogP) is 3.65. The molecule has 0 aliphatic rings. The van der Waals surface area contributed by atoms with E-state index in [2.05, 4.69) is 10.2 Å². The molecule has 0 bridgehead atoms. The molecule has 1 aromatic heterocycles. The average molecular weight is 330 g/mol. The van der Waals surface area contributed by atoms with Crippen LogP contribution in [0.5, 0.6) is 0 Å². The Kier molecular flexibility index (Phi) is 4.39. The summed E-state index contributed by atoms with van der Waals surface area (Å²) in [6, 6.07) is 5.03. The second-order valence-electron chi connectivity index (χ2n) is 4.16. The lowest BCUT2D eigenvalue weighted by atomic mass is 10.1. The standard InChI is InChI=1S/C12H9F3N4S2/c1-19(2)10-17-18-11(21-10)20-8-3-4-9(12(13,14)15)7(5-8)6-16/h3-5H,1-2H3. The van der Waals surface area contributed by atoms with Crippen molar-refractivity contribution in [2.24, 2.45) is 0 Å². The number of halogens is 3. The number of anilines is 1. The second kappa shape index (κ2) is 5.91. The Balaban J connectivity index is 2.27. The second-order valence-corrected chi connectivity index (χ2v) is 6.44. The Hall–Kier alpha value is -1.79. The molecular formula is C12H9F3N4S2. The molecule has 0 radical (unpaired) electrons. The van der Waals surface area contributed by atoms with Crippen LogP contribution in [-0.4, -0.2) is 24.3 Å². The summed E-state index contributed by atoms with van der Waals surface area (Å²) in [6.45, 7) is 0. The van der Waals surface area contributed by atoms with E-state index in [0.717, 1.165) is 6.07 Å². The highest BCUT2D eigenvalue weighted by Gasteiger charge is 2.33. The molecule has 0 N–H and O–H groups in total. The molecule has 0 spiro atoms. The van der Waals surface area contributed by atoms with Gasteiger partial charge in [-0.3, -0.25) is 0 Å². The Labute approximate surface area is 127 Å². The van der Waals surface area contributed by atoms with Crippen LogP contribution in [-0.2, 0) is 6.18 Å². The fourth-order valence-electron chi connectivity index (χ4n) is 1.45. The van der Waals surface area contributed by atoms with E-state index in [9.17, 15) is 13.2 Å². The van der Waals surface area contributed by atoms with E-state index < -0.39 is 17.3 Å². The van der Waals surface area contributed by atoms with Gasteiger partial charge in [-0.25, -0.2) is 0 Å². The maximum Gasteiger partial charge on any atom is 0.417 e. The monoisotopic (exact) mass is 330 g/mol. The SMILES string of the molecule is CN(C)c1nnc(Sc2ccc(C(F)(F)F)c(C#N)c2)s1. The van der Waals surface area contributed by atoms with Crippen molar-refractivity contribution in [1.82, 2.24) is 10.2 Å². The van der Waals surface area contributed by atoms with Crippen molar-refractivity contribution < 1.29 is 13.2 Å². The molecule has 4 nitrogen and oxygen atoms in total. The summed E-state index contributed by atoms with van der Waals surface area (Å²) in [6.07, 6.45) is -4.53. The Morgan fingerprint density at radius 1 is 1.29 bits per heavy atom. The summed E-state index contributed by atoms with van der Waals surface area (Å²) in [5.74, 6) is 0. The van der Waals surface area contributed by atoms with Gasteiger partial charge in [0.15, 0.2) is 4.34 Å². The van der Waals surface area contributed by atoms with Crippen LogP contribution in [0.15, 0.2) is 27.4 Å². The van der Waals surface area contributed by atoms with Crippen molar-refractivity contribution in [2.45, 2.75) is 15.4 Å². The van der Waals surface area contributed by atoms with Gasteiger partial charge in [0.05, 0.1) is 17.2 Å². The average Bonchev–Trinajstić information content (AvgIpc) is 2.86. The van der Waals surface area contributed by atoms with Crippen LogP contribution < -0.4 is 4.90 Å². The maximum absolute atomic E-state index is 12.7. The van der Waals surface area contributed by atoms with E-state index in [1.807, 2.05) is 14.1 Å². The number of nitriles is 1. The van der Waals surface area contributed by atoms with Crippen molar-refractivity contribution in [3.8, 4) is 6.07 Å². The fraction of sp³-hybridized carbons (Fsp3) is 0.250. The molecule has 2 aromatic rings. The summed E-state index contributed by atoms with van der Waals surface area (Å²) in [5.41, 5.74) is -1.33. The lowest BCUT2D eigenvalue weighted by molar-refractivity contribution is -0.137. The van der Waals surface area contributed by atoms with Crippen LogP contribution >= 0.6 is 23.1 Å². The highest BCUT2D eigenvalue weighted by molar-refractivity contribution is 8.01. The summed E-state index contributed by atoms with van der Waals surface area (Å²) in [7, 11) is 3.64. The van der Waals surface area contributed by atoms with Gasteiger partial charge in [0.1, 0.15) is 0 Å². The summed E-state index contributed by atoms with van der Waals surface area (Å²) >= 11 is 2.50. The van der Waals surface area contributed by atoms with Crippen molar-refractivity contribution in [2.75, 3.05) is 19.0 Å². The molecule has 110 valence electrons. The van der Waals surface area contributed by atoms with E-state index >= 15 is 0 Å². The molecule has 0 saturated heterocycles. The zero-order valence-corrected chi connectivity index (χ0v) is 12.6. The van der Waals surface area contributed by atoms with Crippen molar-refractivity contribution in [3.63, 3.8) is 0 Å². The quantitative estimate of drug-likeness (QED) is 0.860. The van der Waals surface area contributed by atoms with Gasteiger partial charge < -0.3 is 4.90 Å². The van der Waals surface area contributed by atoms with Crippen LogP contribution in [0, 0.1) is 11.3 Å². The summed E-state index contributed by atoms with van der Waals surface area (Å²) in [5, 5.41) is 17.4. The number of nitrogens with zero attached hydrogens (tertiary/aromatic N) is 4. The van der Waals surface area contributed by atoms with Crippen LogP contribution in [0.2, 0.25) is 0 Å². The lowest BCUT2D eigenvalue weighted by Crippen LogP contribution is -2.07. The Morgan fingerprint density at radius 3 is 2.52 bits per heavy atom. The molecular weight excluding hydrogens is 321 g/mol. The van der Waals surface area contributed by atoms with E-state index in [0.29, 0.717) is 14.4 Å². The molecule has 1 heterocycles. The molecule has 0 aliphatic carbocycles. The minimum atomic E-state index is -4.53. The first-order valence-electron chi connectivity index (χ1n) is 5.61. The number of alkyl halides is 3. The molecule has 1 aromatic carbocycles. The number of hydrogen-bond acceptors (Lipinski definition) is 6. The lowest BCUT2D eigenvalue weighted by Gasteiger charge is -2.09. The maximum atomic E-state index is 12.7. The van der Waals surface area contributed by atoms with Gasteiger partial charge in [-0.1, -0.05) is 23.1 Å². The molecule has 0 aliphatic heterocycles. The molecule has 0 fully saturated rings. The topological polar surface area (TPSA) is 52.8 Å². The molecule has 2 rings (SSSR count). The molecule has 21 heavy (non-hydrogen) atoms. The molecule has 0 amide bonds. The Morgan fingerprint density at radius 2 is 2.00 bits per heavy atom. The minimum Gasteiger partial charge on any atom is -0.353 e. The van der Waals surface area contributed by atoms with Crippen LogP contribution in [0.4, 0.5) is 18.3 Å². The smallest absolute Gasteiger partial charge is 0.353 e.